The number of hydrogen-bond donors (Lipinski definition) is 3. The number of aromatic carboxylic acids is 1. The molecule has 5 nitrogen and oxygen atoms in total. The lowest BCUT2D eigenvalue weighted by molar-refractivity contribution is 0.0695. The molecule has 1 heterocycles. The minimum Gasteiger partial charge on any atom is -0.478 e. The Labute approximate surface area is 102 Å². The Hall–Kier alpha value is -1.53. The first-order valence-electron chi connectivity index (χ1n) is 5.11. The average Bonchev–Trinajstić information content (AvgIpc) is 2.81. The molecule has 1 fully saturated rings. The van der Waals surface area contributed by atoms with Crippen LogP contribution in [0.2, 0.25) is 0 Å². The van der Waals surface area contributed by atoms with Gasteiger partial charge in [-0.25, -0.2) is 4.79 Å². The van der Waals surface area contributed by atoms with Gasteiger partial charge in [0.05, 0.1) is 10.9 Å². The highest BCUT2D eigenvalue weighted by molar-refractivity contribution is 7.99. The van der Waals surface area contributed by atoms with Crippen molar-refractivity contribution in [1.82, 2.24) is 5.32 Å². The standard InChI is InChI=1S/C11H12N2O3S/c12-9(14)6-1-2-7(11(15)16)8(5-6)10-13-3-4-17-10/h1-2,5,10,13H,3-4H2,(H2,12,14)(H,15,16). The Balaban J connectivity index is 2.46. The lowest BCUT2D eigenvalue weighted by Gasteiger charge is -2.13. The molecule has 1 unspecified atom stereocenters. The summed E-state index contributed by atoms with van der Waals surface area (Å²) in [4.78, 5) is 22.2. The molecule has 0 aromatic heterocycles. The fraction of sp³-hybridized carbons (Fsp3) is 0.273. The van der Waals surface area contributed by atoms with Gasteiger partial charge in [-0.05, 0) is 23.8 Å². The second-order valence-electron chi connectivity index (χ2n) is 3.68. The van der Waals surface area contributed by atoms with Gasteiger partial charge in [0.25, 0.3) is 0 Å². The van der Waals surface area contributed by atoms with E-state index in [2.05, 4.69) is 5.32 Å². The van der Waals surface area contributed by atoms with Crippen LogP contribution >= 0.6 is 11.8 Å². The molecule has 4 N–H and O–H groups in total. The van der Waals surface area contributed by atoms with E-state index < -0.39 is 11.9 Å². The predicted octanol–water partition coefficient (Wildman–Crippen LogP) is 0.819. The fourth-order valence-electron chi connectivity index (χ4n) is 1.75. The van der Waals surface area contributed by atoms with Gasteiger partial charge in [0.2, 0.25) is 5.91 Å². The van der Waals surface area contributed by atoms with Gasteiger partial charge in [0, 0.05) is 17.9 Å². The maximum atomic E-state index is 11.1. The summed E-state index contributed by atoms with van der Waals surface area (Å²) in [6.45, 7) is 0.829. The van der Waals surface area contributed by atoms with Gasteiger partial charge in [0.1, 0.15) is 0 Å². The second kappa shape index (κ2) is 4.77. The van der Waals surface area contributed by atoms with E-state index in [-0.39, 0.29) is 10.9 Å². The number of carbonyl (C=O) groups is 2. The zero-order valence-electron chi connectivity index (χ0n) is 8.97. The number of carboxylic acids is 1. The number of carboxylic acid groups (broad SMARTS) is 1. The van der Waals surface area contributed by atoms with E-state index in [0.717, 1.165) is 12.3 Å². The van der Waals surface area contributed by atoms with E-state index in [4.69, 9.17) is 10.8 Å². The van der Waals surface area contributed by atoms with Gasteiger partial charge in [-0.1, -0.05) is 0 Å². The Bertz CT molecular complexity index is 470. The van der Waals surface area contributed by atoms with Gasteiger partial charge in [-0.3, -0.25) is 4.79 Å². The van der Waals surface area contributed by atoms with Crippen molar-refractivity contribution in [3.8, 4) is 0 Å². The quantitative estimate of drug-likeness (QED) is 0.740. The molecule has 1 atom stereocenters. The van der Waals surface area contributed by atoms with Gasteiger partial charge >= 0.3 is 5.97 Å². The van der Waals surface area contributed by atoms with Gasteiger partial charge in [-0.15, -0.1) is 11.8 Å². The van der Waals surface area contributed by atoms with Crippen molar-refractivity contribution in [2.45, 2.75) is 5.37 Å². The number of nitrogens with one attached hydrogen (secondary N) is 1. The number of hydrogen-bond acceptors (Lipinski definition) is 4. The van der Waals surface area contributed by atoms with Crippen LogP contribution in [0.4, 0.5) is 0 Å². The van der Waals surface area contributed by atoms with Gasteiger partial charge in [0.15, 0.2) is 0 Å². The summed E-state index contributed by atoms with van der Waals surface area (Å²) in [6, 6.07) is 4.43. The van der Waals surface area contributed by atoms with Crippen LogP contribution in [0.25, 0.3) is 0 Å². The van der Waals surface area contributed by atoms with Crippen molar-refractivity contribution < 1.29 is 14.7 Å². The monoisotopic (exact) mass is 252 g/mol. The highest BCUT2D eigenvalue weighted by Crippen LogP contribution is 2.32. The Kier molecular flexibility index (Phi) is 3.35. The molecule has 90 valence electrons. The zero-order chi connectivity index (χ0) is 12.4. The van der Waals surface area contributed by atoms with Crippen LogP contribution in [0.1, 0.15) is 31.7 Å². The van der Waals surface area contributed by atoms with Crippen LogP contribution in [0.15, 0.2) is 18.2 Å². The molecule has 6 heteroatoms. The van der Waals surface area contributed by atoms with Crippen LogP contribution in [0.3, 0.4) is 0 Å². The summed E-state index contributed by atoms with van der Waals surface area (Å²) in [5.74, 6) is -0.624. The van der Waals surface area contributed by atoms with E-state index in [1.807, 2.05) is 0 Å². The molecule has 2 rings (SSSR count). The van der Waals surface area contributed by atoms with E-state index in [1.165, 1.54) is 12.1 Å². The molecule has 0 spiro atoms. The highest BCUT2D eigenvalue weighted by atomic mass is 32.2. The molecule has 1 aliphatic rings. The van der Waals surface area contributed by atoms with E-state index >= 15 is 0 Å². The van der Waals surface area contributed by atoms with Crippen molar-refractivity contribution in [1.29, 1.82) is 0 Å². The number of primary amides is 1. The third kappa shape index (κ3) is 2.42. The molecule has 0 saturated carbocycles. The average molecular weight is 252 g/mol. The molecule has 1 aliphatic heterocycles. The number of thioether (sulfide) groups is 1. The lowest BCUT2D eigenvalue weighted by Crippen LogP contribution is -2.18. The molecule has 0 bridgehead atoms. The maximum absolute atomic E-state index is 11.1. The summed E-state index contributed by atoms with van der Waals surface area (Å²) in [7, 11) is 0. The predicted molar refractivity (Wildman–Crippen MR) is 65.1 cm³/mol. The first kappa shape index (κ1) is 11.9. The van der Waals surface area contributed by atoms with Gasteiger partial charge in [-0.2, -0.15) is 0 Å². The Morgan fingerprint density at radius 2 is 2.24 bits per heavy atom. The highest BCUT2D eigenvalue weighted by Gasteiger charge is 2.23. The van der Waals surface area contributed by atoms with Gasteiger partial charge < -0.3 is 16.2 Å². The fourth-order valence-corrected chi connectivity index (χ4v) is 2.83. The number of amides is 1. The first-order chi connectivity index (χ1) is 8.09. The Morgan fingerprint density at radius 3 is 2.76 bits per heavy atom. The number of carbonyl (C=O) groups excluding carboxylic acids is 1. The Morgan fingerprint density at radius 1 is 1.47 bits per heavy atom. The van der Waals surface area contributed by atoms with E-state index in [0.29, 0.717) is 11.1 Å². The van der Waals surface area contributed by atoms with E-state index in [9.17, 15) is 9.59 Å². The zero-order valence-corrected chi connectivity index (χ0v) is 9.79. The van der Waals surface area contributed by atoms with Crippen LogP contribution in [0, 0.1) is 0 Å². The largest absolute Gasteiger partial charge is 0.478 e. The molecule has 1 saturated heterocycles. The lowest BCUT2D eigenvalue weighted by atomic mass is 10.0. The molecule has 0 aliphatic carbocycles. The number of benzene rings is 1. The van der Waals surface area contributed by atoms with Crippen LogP contribution in [-0.2, 0) is 0 Å². The minimum atomic E-state index is -0.995. The molecule has 1 aromatic carbocycles. The second-order valence-corrected chi connectivity index (χ2v) is 4.89. The summed E-state index contributed by atoms with van der Waals surface area (Å²) in [5, 5.41) is 12.2. The molecule has 0 radical (unpaired) electrons. The summed E-state index contributed by atoms with van der Waals surface area (Å²) >= 11 is 1.62. The first-order valence-corrected chi connectivity index (χ1v) is 6.16. The normalized spacial score (nSPS) is 19.2. The molecular weight excluding hydrogens is 240 g/mol. The van der Waals surface area contributed by atoms with Crippen molar-refractivity contribution in [3.63, 3.8) is 0 Å². The maximum Gasteiger partial charge on any atom is 0.336 e. The van der Waals surface area contributed by atoms with Crippen molar-refractivity contribution in [2.75, 3.05) is 12.3 Å². The SMILES string of the molecule is NC(=O)c1ccc(C(=O)O)c(C2NCCS2)c1. The minimum absolute atomic E-state index is 0.0830. The van der Waals surface area contributed by atoms with Crippen molar-refractivity contribution in [2.24, 2.45) is 5.73 Å². The van der Waals surface area contributed by atoms with Crippen molar-refractivity contribution >= 4 is 23.6 Å². The molecule has 1 amide bonds. The van der Waals surface area contributed by atoms with Crippen molar-refractivity contribution in [3.05, 3.63) is 34.9 Å². The summed E-state index contributed by atoms with van der Waals surface area (Å²) < 4.78 is 0. The smallest absolute Gasteiger partial charge is 0.336 e. The van der Waals surface area contributed by atoms with Crippen LogP contribution in [0.5, 0.6) is 0 Å². The van der Waals surface area contributed by atoms with E-state index in [1.54, 1.807) is 17.8 Å². The summed E-state index contributed by atoms with van der Waals surface area (Å²) in [5.41, 5.74) is 6.34. The molecule has 1 aromatic rings. The molecular formula is C11H12N2O3S. The third-order valence-corrected chi connectivity index (χ3v) is 3.76. The number of nitrogens with two attached hydrogens (primary N) is 1. The summed E-state index contributed by atoms with van der Waals surface area (Å²) in [6.07, 6.45) is 0. The topological polar surface area (TPSA) is 92.4 Å². The number of rotatable bonds is 3. The third-order valence-electron chi connectivity index (χ3n) is 2.57. The molecule has 17 heavy (non-hydrogen) atoms. The van der Waals surface area contributed by atoms with Crippen LogP contribution in [-0.4, -0.2) is 29.3 Å². The van der Waals surface area contributed by atoms with Crippen LogP contribution < -0.4 is 11.1 Å².